The van der Waals surface area contributed by atoms with Crippen molar-refractivity contribution in [1.82, 2.24) is 18.9 Å². The minimum atomic E-state index is -3.80. The van der Waals surface area contributed by atoms with E-state index in [2.05, 4.69) is 30.9 Å². The van der Waals surface area contributed by atoms with E-state index in [1.165, 1.54) is 3.97 Å². The maximum atomic E-state index is 13.4. The van der Waals surface area contributed by atoms with Gasteiger partial charge in [-0.05, 0) is 53.2 Å². The fraction of sp³-hybridized carbons (Fsp3) is 0.0476. The van der Waals surface area contributed by atoms with Gasteiger partial charge in [0, 0.05) is 51.2 Å². The Labute approximate surface area is 175 Å². The number of benzene rings is 1. The molecule has 4 heterocycles. The van der Waals surface area contributed by atoms with E-state index >= 15 is 0 Å². The standard InChI is InChI=1S/C21H15BrN4O2S/c1-13-2-4-17(5-3-13)29(27,28)26-12-19(18-9-16(22)11-25-21(18)26)15-8-14-6-7-23-20(14)24-10-15/h2-12H,1H3,(H,23,24). The number of aromatic nitrogens is 4. The molecule has 0 unspecified atom stereocenters. The molecule has 5 aromatic rings. The topological polar surface area (TPSA) is 80.6 Å². The summed E-state index contributed by atoms with van der Waals surface area (Å²) in [4.78, 5) is 12.1. The van der Waals surface area contributed by atoms with Crippen LogP contribution in [-0.4, -0.2) is 27.3 Å². The summed E-state index contributed by atoms with van der Waals surface area (Å²) in [5, 5.41) is 1.68. The number of hydrogen-bond donors (Lipinski definition) is 1. The molecule has 0 aliphatic rings. The minimum absolute atomic E-state index is 0.218. The highest BCUT2D eigenvalue weighted by Crippen LogP contribution is 2.34. The molecule has 0 bridgehead atoms. The number of aromatic amines is 1. The highest BCUT2D eigenvalue weighted by Gasteiger charge is 2.23. The fourth-order valence-electron chi connectivity index (χ4n) is 3.38. The Balaban J connectivity index is 1.78. The van der Waals surface area contributed by atoms with Crippen molar-refractivity contribution in [3.63, 3.8) is 0 Å². The van der Waals surface area contributed by atoms with Crippen molar-refractivity contribution < 1.29 is 8.42 Å². The number of nitrogens with zero attached hydrogens (tertiary/aromatic N) is 3. The van der Waals surface area contributed by atoms with Crippen molar-refractivity contribution in [3.8, 4) is 11.1 Å². The van der Waals surface area contributed by atoms with Crippen LogP contribution in [0.1, 0.15) is 5.56 Å². The summed E-state index contributed by atoms with van der Waals surface area (Å²) in [7, 11) is -3.80. The monoisotopic (exact) mass is 466 g/mol. The Morgan fingerprint density at radius 2 is 1.83 bits per heavy atom. The van der Waals surface area contributed by atoms with E-state index in [9.17, 15) is 8.42 Å². The van der Waals surface area contributed by atoms with Gasteiger partial charge >= 0.3 is 0 Å². The lowest BCUT2D eigenvalue weighted by atomic mass is 10.1. The molecule has 0 saturated heterocycles. The van der Waals surface area contributed by atoms with Crippen LogP contribution in [0.3, 0.4) is 0 Å². The van der Waals surface area contributed by atoms with Crippen LogP contribution in [0, 0.1) is 6.92 Å². The predicted molar refractivity (Wildman–Crippen MR) is 116 cm³/mol. The Morgan fingerprint density at radius 1 is 1.03 bits per heavy atom. The lowest BCUT2D eigenvalue weighted by Crippen LogP contribution is -2.12. The van der Waals surface area contributed by atoms with Gasteiger partial charge in [-0.2, -0.15) is 0 Å². The summed E-state index contributed by atoms with van der Waals surface area (Å²) in [5.74, 6) is 0. The van der Waals surface area contributed by atoms with Gasteiger partial charge in [0.05, 0.1) is 4.90 Å². The quantitative estimate of drug-likeness (QED) is 0.410. The molecule has 6 nitrogen and oxygen atoms in total. The summed E-state index contributed by atoms with van der Waals surface area (Å²) in [5.41, 5.74) is 3.72. The third kappa shape index (κ3) is 2.95. The van der Waals surface area contributed by atoms with Gasteiger partial charge < -0.3 is 4.98 Å². The average Bonchev–Trinajstić information content (AvgIpc) is 3.32. The van der Waals surface area contributed by atoms with Crippen LogP contribution < -0.4 is 0 Å². The second-order valence-electron chi connectivity index (χ2n) is 6.82. The molecule has 0 spiro atoms. The van der Waals surface area contributed by atoms with Gasteiger partial charge in [-0.3, -0.25) is 0 Å². The van der Waals surface area contributed by atoms with Crippen molar-refractivity contribution in [1.29, 1.82) is 0 Å². The molecule has 0 aliphatic heterocycles. The second kappa shape index (κ2) is 6.53. The van der Waals surface area contributed by atoms with E-state index < -0.39 is 10.0 Å². The molecular formula is C21H15BrN4O2S. The van der Waals surface area contributed by atoms with E-state index in [1.807, 2.05) is 31.3 Å². The first kappa shape index (κ1) is 18.1. The number of H-pyrrole nitrogens is 1. The zero-order valence-electron chi connectivity index (χ0n) is 15.3. The molecule has 0 aliphatic carbocycles. The first-order valence-corrected chi connectivity index (χ1v) is 11.1. The molecule has 0 amide bonds. The smallest absolute Gasteiger partial charge is 0.269 e. The highest BCUT2D eigenvalue weighted by atomic mass is 79.9. The van der Waals surface area contributed by atoms with Crippen molar-refractivity contribution in [2.45, 2.75) is 11.8 Å². The number of aryl methyl sites for hydroxylation is 1. The van der Waals surface area contributed by atoms with E-state index in [-0.39, 0.29) is 4.90 Å². The molecule has 1 N–H and O–H groups in total. The lowest BCUT2D eigenvalue weighted by molar-refractivity contribution is 0.589. The third-order valence-electron chi connectivity index (χ3n) is 4.87. The molecule has 8 heteroatoms. The van der Waals surface area contributed by atoms with Crippen LogP contribution in [0.25, 0.3) is 33.2 Å². The summed E-state index contributed by atoms with van der Waals surface area (Å²) < 4.78 is 28.7. The van der Waals surface area contributed by atoms with Crippen molar-refractivity contribution in [2.24, 2.45) is 0 Å². The van der Waals surface area contributed by atoms with Crippen LogP contribution in [0.4, 0.5) is 0 Å². The second-order valence-corrected chi connectivity index (χ2v) is 9.55. The SMILES string of the molecule is Cc1ccc(S(=O)(=O)n2cc(-c3cnc4[nH]ccc4c3)c3cc(Br)cnc32)cc1. The van der Waals surface area contributed by atoms with Crippen molar-refractivity contribution in [2.75, 3.05) is 0 Å². The maximum Gasteiger partial charge on any atom is 0.269 e. The number of pyridine rings is 2. The molecule has 0 radical (unpaired) electrons. The van der Waals surface area contributed by atoms with E-state index in [1.54, 1.807) is 42.9 Å². The van der Waals surface area contributed by atoms with E-state index in [0.29, 0.717) is 5.65 Å². The Bertz CT molecular complexity index is 1480. The number of nitrogens with one attached hydrogen (secondary N) is 1. The van der Waals surface area contributed by atoms with Gasteiger partial charge in [0.25, 0.3) is 10.0 Å². The first-order chi connectivity index (χ1) is 13.9. The highest BCUT2D eigenvalue weighted by molar-refractivity contribution is 9.10. The van der Waals surface area contributed by atoms with Gasteiger partial charge in [-0.25, -0.2) is 22.4 Å². The van der Waals surface area contributed by atoms with E-state index in [4.69, 9.17) is 0 Å². The maximum absolute atomic E-state index is 13.4. The van der Waals surface area contributed by atoms with Crippen LogP contribution in [0.2, 0.25) is 0 Å². The van der Waals surface area contributed by atoms with Crippen LogP contribution in [0.15, 0.2) is 76.6 Å². The summed E-state index contributed by atoms with van der Waals surface area (Å²) in [6.45, 7) is 1.92. The normalized spacial score (nSPS) is 12.1. The molecule has 0 saturated carbocycles. The Morgan fingerprint density at radius 3 is 2.62 bits per heavy atom. The van der Waals surface area contributed by atoms with Crippen molar-refractivity contribution >= 4 is 48.0 Å². The number of hydrogen-bond acceptors (Lipinski definition) is 4. The summed E-state index contributed by atoms with van der Waals surface area (Å²) in [6.07, 6.45) is 6.78. The third-order valence-corrected chi connectivity index (χ3v) is 6.97. The zero-order valence-corrected chi connectivity index (χ0v) is 17.7. The van der Waals surface area contributed by atoms with Crippen LogP contribution >= 0.6 is 15.9 Å². The average molecular weight is 467 g/mol. The van der Waals surface area contributed by atoms with Gasteiger partial charge in [0.1, 0.15) is 5.65 Å². The predicted octanol–water partition coefficient (Wildman–Crippen LogP) is 4.89. The molecule has 4 aromatic heterocycles. The minimum Gasteiger partial charge on any atom is -0.346 e. The van der Waals surface area contributed by atoms with E-state index in [0.717, 1.165) is 37.6 Å². The largest absolute Gasteiger partial charge is 0.346 e. The fourth-order valence-corrected chi connectivity index (χ4v) is 5.03. The summed E-state index contributed by atoms with van der Waals surface area (Å²) >= 11 is 3.44. The Hall–Kier alpha value is -2.97. The number of rotatable bonds is 3. The zero-order chi connectivity index (χ0) is 20.2. The molecule has 29 heavy (non-hydrogen) atoms. The number of halogens is 1. The Kier molecular flexibility index (Phi) is 4.07. The molecular weight excluding hydrogens is 452 g/mol. The van der Waals surface area contributed by atoms with Gasteiger partial charge in [0.2, 0.25) is 0 Å². The molecule has 144 valence electrons. The lowest BCUT2D eigenvalue weighted by Gasteiger charge is -2.07. The molecule has 0 fully saturated rings. The van der Waals surface area contributed by atoms with Gasteiger partial charge in [0.15, 0.2) is 5.65 Å². The van der Waals surface area contributed by atoms with Crippen molar-refractivity contribution in [3.05, 3.63) is 77.3 Å². The molecule has 5 rings (SSSR count). The van der Waals surface area contributed by atoms with Gasteiger partial charge in [-0.15, -0.1) is 0 Å². The molecule has 1 aromatic carbocycles. The van der Waals surface area contributed by atoms with Gasteiger partial charge in [-0.1, -0.05) is 17.7 Å². The first-order valence-electron chi connectivity index (χ1n) is 8.86. The molecule has 0 atom stereocenters. The van der Waals surface area contributed by atoms with Crippen LogP contribution in [0.5, 0.6) is 0 Å². The number of fused-ring (bicyclic) bond motifs is 2. The summed E-state index contributed by atoms with van der Waals surface area (Å²) in [6, 6.07) is 12.6. The van der Waals surface area contributed by atoms with Crippen LogP contribution in [-0.2, 0) is 10.0 Å².